The summed E-state index contributed by atoms with van der Waals surface area (Å²) < 4.78 is 0. The standard InChI is InChI=1S/C12H22O/c1-9(2)8-12(10(3)4)7-6-11(5)13/h9,12H,3,6-8H2,1-2,4-5H3. The molecule has 0 aliphatic rings. The van der Waals surface area contributed by atoms with Crippen molar-refractivity contribution in [2.45, 2.75) is 47.0 Å². The monoisotopic (exact) mass is 182 g/mol. The lowest BCUT2D eigenvalue weighted by Crippen LogP contribution is -2.07. The third-order valence-electron chi connectivity index (χ3n) is 2.30. The van der Waals surface area contributed by atoms with E-state index in [-0.39, 0.29) is 5.78 Å². The van der Waals surface area contributed by atoms with E-state index >= 15 is 0 Å². The van der Waals surface area contributed by atoms with Crippen LogP contribution in [0.5, 0.6) is 0 Å². The Morgan fingerprint density at radius 1 is 1.31 bits per heavy atom. The van der Waals surface area contributed by atoms with Crippen LogP contribution in [0.1, 0.15) is 47.0 Å². The predicted molar refractivity (Wildman–Crippen MR) is 57.7 cm³/mol. The number of Topliss-reactive ketones (excluding diaryl/α,β-unsaturated/α-hetero) is 1. The summed E-state index contributed by atoms with van der Waals surface area (Å²) in [5, 5.41) is 0. The van der Waals surface area contributed by atoms with E-state index in [1.54, 1.807) is 6.92 Å². The van der Waals surface area contributed by atoms with Gasteiger partial charge in [-0.1, -0.05) is 26.0 Å². The highest BCUT2D eigenvalue weighted by Gasteiger charge is 2.12. The van der Waals surface area contributed by atoms with E-state index in [0.29, 0.717) is 18.3 Å². The lowest BCUT2D eigenvalue weighted by Gasteiger charge is -2.18. The zero-order valence-electron chi connectivity index (χ0n) is 9.39. The van der Waals surface area contributed by atoms with Gasteiger partial charge in [0.1, 0.15) is 5.78 Å². The third kappa shape index (κ3) is 6.56. The molecule has 0 saturated heterocycles. The highest BCUT2D eigenvalue weighted by molar-refractivity contribution is 5.75. The zero-order chi connectivity index (χ0) is 10.4. The summed E-state index contributed by atoms with van der Waals surface area (Å²) in [7, 11) is 0. The van der Waals surface area contributed by atoms with Gasteiger partial charge in [0.15, 0.2) is 0 Å². The number of hydrogen-bond acceptors (Lipinski definition) is 1. The quantitative estimate of drug-likeness (QED) is 0.574. The Kier molecular flexibility index (Phi) is 5.68. The lowest BCUT2D eigenvalue weighted by molar-refractivity contribution is -0.117. The summed E-state index contributed by atoms with van der Waals surface area (Å²) in [5.74, 6) is 1.51. The van der Waals surface area contributed by atoms with Crippen LogP contribution in [0.3, 0.4) is 0 Å². The predicted octanol–water partition coefficient (Wildman–Crippen LogP) is 3.59. The van der Waals surface area contributed by atoms with Crippen LogP contribution in [-0.2, 0) is 4.79 Å². The lowest BCUT2D eigenvalue weighted by atomic mass is 9.87. The zero-order valence-corrected chi connectivity index (χ0v) is 9.39. The highest BCUT2D eigenvalue weighted by atomic mass is 16.1. The number of carbonyl (C=O) groups excluding carboxylic acids is 1. The normalized spacial score (nSPS) is 13.0. The van der Waals surface area contributed by atoms with E-state index in [2.05, 4.69) is 27.4 Å². The Balaban J connectivity index is 3.95. The molecular formula is C12H22O. The molecule has 0 rings (SSSR count). The smallest absolute Gasteiger partial charge is 0.129 e. The minimum absolute atomic E-state index is 0.287. The van der Waals surface area contributed by atoms with Gasteiger partial charge in [0.05, 0.1) is 0 Å². The summed E-state index contributed by atoms with van der Waals surface area (Å²) in [6, 6.07) is 0. The Bertz CT molecular complexity index is 180. The number of rotatable bonds is 6. The molecule has 0 aliphatic carbocycles. The second kappa shape index (κ2) is 5.95. The topological polar surface area (TPSA) is 17.1 Å². The van der Waals surface area contributed by atoms with Crippen LogP contribution < -0.4 is 0 Å². The van der Waals surface area contributed by atoms with Gasteiger partial charge in [-0.3, -0.25) is 0 Å². The molecule has 0 fully saturated rings. The summed E-state index contributed by atoms with van der Waals surface area (Å²) in [4.78, 5) is 10.8. The maximum Gasteiger partial charge on any atom is 0.129 e. The second-order valence-electron chi connectivity index (χ2n) is 4.41. The van der Waals surface area contributed by atoms with Crippen molar-refractivity contribution in [2.24, 2.45) is 11.8 Å². The molecule has 1 heteroatoms. The van der Waals surface area contributed by atoms with Gasteiger partial charge in [0.25, 0.3) is 0 Å². The summed E-state index contributed by atoms with van der Waals surface area (Å²) >= 11 is 0. The molecule has 0 bridgehead atoms. The minimum atomic E-state index is 0.287. The van der Waals surface area contributed by atoms with Crippen molar-refractivity contribution in [3.63, 3.8) is 0 Å². The summed E-state index contributed by atoms with van der Waals surface area (Å²) in [5.41, 5.74) is 1.22. The van der Waals surface area contributed by atoms with Crippen molar-refractivity contribution in [3.8, 4) is 0 Å². The van der Waals surface area contributed by atoms with Gasteiger partial charge in [-0.05, 0) is 38.5 Å². The molecule has 0 aliphatic heterocycles. The molecule has 1 unspecified atom stereocenters. The Labute approximate surface area is 82.2 Å². The SMILES string of the molecule is C=C(C)C(CCC(C)=O)CC(C)C. The first-order chi connectivity index (χ1) is 5.93. The van der Waals surface area contributed by atoms with Crippen LogP contribution >= 0.6 is 0 Å². The van der Waals surface area contributed by atoms with E-state index in [1.165, 1.54) is 5.57 Å². The van der Waals surface area contributed by atoms with Gasteiger partial charge in [-0.25, -0.2) is 0 Å². The molecule has 0 aromatic carbocycles. The Morgan fingerprint density at radius 2 is 1.85 bits per heavy atom. The van der Waals surface area contributed by atoms with Crippen LogP contribution in [0.4, 0.5) is 0 Å². The van der Waals surface area contributed by atoms with Gasteiger partial charge >= 0.3 is 0 Å². The molecule has 0 aromatic heterocycles. The fourth-order valence-corrected chi connectivity index (χ4v) is 1.51. The van der Waals surface area contributed by atoms with E-state index < -0.39 is 0 Å². The second-order valence-corrected chi connectivity index (χ2v) is 4.41. The third-order valence-corrected chi connectivity index (χ3v) is 2.30. The maximum atomic E-state index is 10.8. The largest absolute Gasteiger partial charge is 0.300 e. The molecule has 0 N–H and O–H groups in total. The van der Waals surface area contributed by atoms with Crippen LogP contribution in [-0.4, -0.2) is 5.78 Å². The first-order valence-electron chi connectivity index (χ1n) is 5.08. The van der Waals surface area contributed by atoms with Crippen molar-refractivity contribution in [1.29, 1.82) is 0 Å². The number of allylic oxidation sites excluding steroid dienone is 1. The van der Waals surface area contributed by atoms with Crippen LogP contribution in [0.25, 0.3) is 0 Å². The van der Waals surface area contributed by atoms with Gasteiger partial charge in [0.2, 0.25) is 0 Å². The maximum absolute atomic E-state index is 10.8. The molecule has 76 valence electrons. The van der Waals surface area contributed by atoms with Gasteiger partial charge in [-0.15, -0.1) is 0 Å². The van der Waals surface area contributed by atoms with Crippen molar-refractivity contribution in [2.75, 3.05) is 0 Å². The van der Waals surface area contributed by atoms with E-state index in [0.717, 1.165) is 12.8 Å². The minimum Gasteiger partial charge on any atom is -0.300 e. The average molecular weight is 182 g/mol. The Hall–Kier alpha value is -0.590. The van der Waals surface area contributed by atoms with Gasteiger partial charge in [-0.2, -0.15) is 0 Å². The number of hydrogen-bond donors (Lipinski definition) is 0. The molecule has 1 atom stereocenters. The van der Waals surface area contributed by atoms with E-state index in [9.17, 15) is 4.79 Å². The number of ketones is 1. The fraction of sp³-hybridized carbons (Fsp3) is 0.750. The summed E-state index contributed by atoms with van der Waals surface area (Å²) in [6.45, 7) is 12.1. The molecule has 0 heterocycles. The van der Waals surface area contributed by atoms with Crippen molar-refractivity contribution >= 4 is 5.78 Å². The van der Waals surface area contributed by atoms with Crippen molar-refractivity contribution < 1.29 is 4.79 Å². The molecule has 0 saturated carbocycles. The van der Waals surface area contributed by atoms with Gasteiger partial charge in [0, 0.05) is 6.42 Å². The average Bonchev–Trinajstić information content (AvgIpc) is 1.96. The first kappa shape index (κ1) is 12.4. The van der Waals surface area contributed by atoms with Crippen molar-refractivity contribution in [1.82, 2.24) is 0 Å². The first-order valence-corrected chi connectivity index (χ1v) is 5.08. The molecule has 0 radical (unpaired) electrons. The summed E-state index contributed by atoms with van der Waals surface area (Å²) in [6.07, 6.45) is 2.83. The fourth-order valence-electron chi connectivity index (χ4n) is 1.51. The van der Waals surface area contributed by atoms with E-state index in [4.69, 9.17) is 0 Å². The van der Waals surface area contributed by atoms with Crippen LogP contribution in [0, 0.1) is 11.8 Å². The van der Waals surface area contributed by atoms with Gasteiger partial charge < -0.3 is 4.79 Å². The Morgan fingerprint density at radius 3 is 2.15 bits per heavy atom. The molecular weight excluding hydrogens is 160 g/mol. The van der Waals surface area contributed by atoms with Crippen LogP contribution in [0.15, 0.2) is 12.2 Å². The molecule has 13 heavy (non-hydrogen) atoms. The van der Waals surface area contributed by atoms with E-state index in [1.807, 2.05) is 0 Å². The number of carbonyl (C=O) groups is 1. The molecule has 1 nitrogen and oxygen atoms in total. The molecule has 0 amide bonds. The molecule has 0 spiro atoms. The van der Waals surface area contributed by atoms with Crippen LogP contribution in [0.2, 0.25) is 0 Å². The molecule has 0 aromatic rings. The van der Waals surface area contributed by atoms with Crippen molar-refractivity contribution in [3.05, 3.63) is 12.2 Å². The highest BCUT2D eigenvalue weighted by Crippen LogP contribution is 2.23.